The quantitative estimate of drug-likeness (QED) is 0.498. The summed E-state index contributed by atoms with van der Waals surface area (Å²) < 4.78 is 3.08. The van der Waals surface area contributed by atoms with Gasteiger partial charge in [0, 0.05) is 17.9 Å². The van der Waals surface area contributed by atoms with Crippen LogP contribution >= 0.6 is 11.8 Å². The lowest BCUT2D eigenvalue weighted by Crippen LogP contribution is -2.23. The van der Waals surface area contributed by atoms with E-state index in [2.05, 4.69) is 15.4 Å². The Balaban J connectivity index is 1.51. The van der Waals surface area contributed by atoms with Crippen molar-refractivity contribution in [2.75, 3.05) is 11.6 Å². The second-order valence-electron chi connectivity index (χ2n) is 6.37. The van der Waals surface area contributed by atoms with E-state index in [0.717, 1.165) is 16.3 Å². The molecule has 8 heteroatoms. The molecule has 4 rings (SSSR count). The van der Waals surface area contributed by atoms with Crippen molar-refractivity contribution in [3.05, 3.63) is 77.5 Å². The maximum Gasteiger partial charge on any atom is 0.264 e. The second kappa shape index (κ2) is 8.32. The zero-order valence-electron chi connectivity index (χ0n) is 15.8. The zero-order chi connectivity index (χ0) is 20.2. The third kappa shape index (κ3) is 3.93. The van der Waals surface area contributed by atoms with Gasteiger partial charge < -0.3 is 5.32 Å². The monoisotopic (exact) mass is 405 g/mol. The third-order valence-corrected chi connectivity index (χ3v) is 5.31. The lowest BCUT2D eigenvalue weighted by molar-refractivity contribution is -0.116. The van der Waals surface area contributed by atoms with Gasteiger partial charge in [-0.1, -0.05) is 30.3 Å². The van der Waals surface area contributed by atoms with E-state index in [-0.39, 0.29) is 24.4 Å². The van der Waals surface area contributed by atoms with E-state index in [1.54, 1.807) is 16.4 Å². The molecule has 0 radical (unpaired) electrons. The smallest absolute Gasteiger partial charge is 0.264 e. The number of rotatable bonds is 6. The van der Waals surface area contributed by atoms with E-state index in [9.17, 15) is 9.59 Å². The summed E-state index contributed by atoms with van der Waals surface area (Å²) in [5.74, 6) is -0.154. The summed E-state index contributed by atoms with van der Waals surface area (Å²) in [6, 6.07) is 17.1. The first-order chi connectivity index (χ1) is 14.2. The summed E-state index contributed by atoms with van der Waals surface area (Å²) in [5, 5.41) is 7.62. The Labute approximate surface area is 171 Å². The van der Waals surface area contributed by atoms with E-state index < -0.39 is 0 Å². The minimum Gasteiger partial charge on any atom is -0.325 e. The van der Waals surface area contributed by atoms with Gasteiger partial charge in [0.15, 0.2) is 5.65 Å². The number of amides is 1. The molecule has 0 unspecified atom stereocenters. The predicted molar refractivity (Wildman–Crippen MR) is 115 cm³/mol. The molecule has 0 atom stereocenters. The van der Waals surface area contributed by atoms with E-state index in [0.29, 0.717) is 11.0 Å². The van der Waals surface area contributed by atoms with Crippen molar-refractivity contribution in [3.8, 4) is 5.69 Å². The van der Waals surface area contributed by atoms with Gasteiger partial charge in [-0.2, -0.15) is 5.10 Å². The van der Waals surface area contributed by atoms with Crippen LogP contribution in [-0.4, -0.2) is 31.5 Å². The van der Waals surface area contributed by atoms with Gasteiger partial charge in [-0.3, -0.25) is 14.2 Å². The molecule has 1 N–H and O–H groups in total. The number of carbonyl (C=O) groups excluding carboxylic acids is 1. The summed E-state index contributed by atoms with van der Waals surface area (Å²) in [7, 11) is 0. The summed E-state index contributed by atoms with van der Waals surface area (Å²) in [6.07, 6.45) is 5.11. The molecule has 0 fully saturated rings. The molecule has 2 aromatic carbocycles. The number of anilines is 1. The van der Waals surface area contributed by atoms with Crippen LogP contribution < -0.4 is 10.9 Å². The normalized spacial score (nSPS) is 10.9. The van der Waals surface area contributed by atoms with E-state index in [1.165, 1.54) is 17.1 Å². The van der Waals surface area contributed by atoms with Crippen LogP contribution in [0.4, 0.5) is 5.69 Å². The average Bonchev–Trinajstić information content (AvgIpc) is 3.19. The standard InChI is InChI=1S/C21H19N5O2S/c1-29-18-10-6-5-9-17(18)24-19(27)11-12-25-14-22-20-16(21(25)28)13-23-26(20)15-7-3-2-4-8-15/h2-10,13-14H,11-12H2,1H3,(H,24,27). The Kier molecular flexibility index (Phi) is 5.44. The van der Waals surface area contributed by atoms with Crippen LogP contribution in [-0.2, 0) is 11.3 Å². The topological polar surface area (TPSA) is 81.8 Å². The van der Waals surface area contributed by atoms with Crippen molar-refractivity contribution in [3.63, 3.8) is 0 Å². The van der Waals surface area contributed by atoms with E-state index >= 15 is 0 Å². The highest BCUT2D eigenvalue weighted by Crippen LogP contribution is 2.24. The molecular formula is C21H19N5O2S. The lowest BCUT2D eigenvalue weighted by Gasteiger charge is -2.10. The van der Waals surface area contributed by atoms with Gasteiger partial charge >= 0.3 is 0 Å². The molecule has 7 nitrogen and oxygen atoms in total. The van der Waals surface area contributed by atoms with Crippen molar-refractivity contribution >= 4 is 34.4 Å². The fourth-order valence-corrected chi connectivity index (χ4v) is 3.60. The van der Waals surface area contributed by atoms with Crippen LogP contribution in [0.25, 0.3) is 16.7 Å². The molecule has 0 aliphatic rings. The van der Waals surface area contributed by atoms with Gasteiger partial charge in [0.2, 0.25) is 5.91 Å². The summed E-state index contributed by atoms with van der Waals surface area (Å²) >= 11 is 1.57. The summed E-state index contributed by atoms with van der Waals surface area (Å²) in [4.78, 5) is 30.5. The number of aryl methyl sites for hydroxylation is 1. The minimum absolute atomic E-state index is 0.154. The van der Waals surface area contributed by atoms with E-state index in [1.807, 2.05) is 60.9 Å². The number of para-hydroxylation sites is 2. The molecule has 29 heavy (non-hydrogen) atoms. The molecule has 0 aliphatic carbocycles. The maximum absolute atomic E-state index is 12.8. The highest BCUT2D eigenvalue weighted by molar-refractivity contribution is 7.98. The molecule has 0 aliphatic heterocycles. The van der Waals surface area contributed by atoms with Gasteiger partial charge in [-0.15, -0.1) is 11.8 Å². The van der Waals surface area contributed by atoms with Crippen LogP contribution in [0, 0.1) is 0 Å². The van der Waals surface area contributed by atoms with Crippen molar-refractivity contribution in [2.24, 2.45) is 0 Å². The number of carbonyl (C=O) groups is 1. The first kappa shape index (κ1) is 18.9. The van der Waals surface area contributed by atoms with Crippen LogP contribution in [0.3, 0.4) is 0 Å². The fraction of sp³-hybridized carbons (Fsp3) is 0.143. The zero-order valence-corrected chi connectivity index (χ0v) is 16.6. The van der Waals surface area contributed by atoms with Gasteiger partial charge in [-0.25, -0.2) is 9.67 Å². The van der Waals surface area contributed by atoms with Crippen molar-refractivity contribution < 1.29 is 4.79 Å². The minimum atomic E-state index is -0.213. The Morgan fingerprint density at radius 1 is 1.10 bits per heavy atom. The number of nitrogens with zero attached hydrogens (tertiary/aromatic N) is 4. The Bertz CT molecular complexity index is 1220. The van der Waals surface area contributed by atoms with Gasteiger partial charge in [0.25, 0.3) is 5.56 Å². The Morgan fingerprint density at radius 2 is 1.86 bits per heavy atom. The van der Waals surface area contributed by atoms with Crippen molar-refractivity contribution in [1.29, 1.82) is 0 Å². The van der Waals surface area contributed by atoms with Gasteiger partial charge in [0.05, 0.1) is 23.9 Å². The molecular weight excluding hydrogens is 386 g/mol. The number of benzene rings is 2. The Morgan fingerprint density at radius 3 is 2.66 bits per heavy atom. The number of nitrogens with one attached hydrogen (secondary N) is 1. The number of aromatic nitrogens is 4. The largest absolute Gasteiger partial charge is 0.325 e. The van der Waals surface area contributed by atoms with Gasteiger partial charge in [0.1, 0.15) is 5.39 Å². The van der Waals surface area contributed by atoms with Crippen LogP contribution in [0.1, 0.15) is 6.42 Å². The first-order valence-corrected chi connectivity index (χ1v) is 10.3. The number of fused-ring (bicyclic) bond motifs is 1. The predicted octanol–water partition coefficient (Wildman–Crippen LogP) is 3.33. The molecule has 146 valence electrons. The molecule has 4 aromatic rings. The van der Waals surface area contributed by atoms with Crippen LogP contribution in [0.15, 0.2) is 76.8 Å². The SMILES string of the molecule is CSc1ccccc1NC(=O)CCn1cnc2c(cnn2-c2ccccc2)c1=O. The van der Waals surface area contributed by atoms with Crippen molar-refractivity contribution in [1.82, 2.24) is 19.3 Å². The number of thioether (sulfide) groups is 1. The van der Waals surface area contributed by atoms with E-state index in [4.69, 9.17) is 0 Å². The maximum atomic E-state index is 12.8. The average molecular weight is 405 g/mol. The number of hydrogen-bond donors (Lipinski definition) is 1. The van der Waals surface area contributed by atoms with Crippen LogP contribution in [0.5, 0.6) is 0 Å². The van der Waals surface area contributed by atoms with Crippen molar-refractivity contribution in [2.45, 2.75) is 17.9 Å². The first-order valence-electron chi connectivity index (χ1n) is 9.09. The fourth-order valence-electron chi connectivity index (χ4n) is 3.05. The van der Waals surface area contributed by atoms with Crippen LogP contribution in [0.2, 0.25) is 0 Å². The highest BCUT2D eigenvalue weighted by Gasteiger charge is 2.12. The summed E-state index contributed by atoms with van der Waals surface area (Å²) in [5.41, 5.74) is 1.89. The molecule has 2 aromatic heterocycles. The lowest BCUT2D eigenvalue weighted by atomic mass is 10.3. The number of hydrogen-bond acceptors (Lipinski definition) is 5. The molecule has 0 bridgehead atoms. The third-order valence-electron chi connectivity index (χ3n) is 4.52. The summed E-state index contributed by atoms with van der Waals surface area (Å²) in [6.45, 7) is 0.242. The molecule has 0 saturated carbocycles. The molecule has 0 saturated heterocycles. The molecule has 2 heterocycles. The second-order valence-corrected chi connectivity index (χ2v) is 7.22. The van der Waals surface area contributed by atoms with Gasteiger partial charge in [-0.05, 0) is 30.5 Å². The Hall–Kier alpha value is -3.39. The molecule has 1 amide bonds. The highest BCUT2D eigenvalue weighted by atomic mass is 32.2. The molecule has 0 spiro atoms.